The second-order valence-corrected chi connectivity index (χ2v) is 6.81. The van der Waals surface area contributed by atoms with Crippen LogP contribution in [0.2, 0.25) is 0 Å². The lowest BCUT2D eigenvalue weighted by molar-refractivity contribution is -0.120. The Morgan fingerprint density at radius 3 is 2.58 bits per heavy atom. The molecule has 3 N–H and O–H groups in total. The predicted octanol–water partition coefficient (Wildman–Crippen LogP) is 1.60. The van der Waals surface area contributed by atoms with Crippen LogP contribution in [-0.4, -0.2) is 43.0 Å². The first-order valence-corrected chi connectivity index (χ1v) is 7.59. The summed E-state index contributed by atoms with van der Waals surface area (Å²) in [4.78, 5) is 13.8. The van der Waals surface area contributed by atoms with Crippen molar-refractivity contribution >= 4 is 5.91 Å². The molecule has 112 valence electrons. The van der Waals surface area contributed by atoms with E-state index in [0.717, 1.165) is 32.1 Å². The number of carbonyl (C=O) groups excluding carboxylic acids is 1. The molecule has 4 nitrogen and oxygen atoms in total. The summed E-state index contributed by atoms with van der Waals surface area (Å²) < 4.78 is 0. The molecular weight excluding hydrogens is 238 g/mol. The van der Waals surface area contributed by atoms with Crippen molar-refractivity contribution in [2.75, 3.05) is 26.2 Å². The number of amides is 1. The number of hydrogen-bond acceptors (Lipinski definition) is 3. The fourth-order valence-electron chi connectivity index (χ4n) is 2.96. The van der Waals surface area contributed by atoms with Gasteiger partial charge in [0.2, 0.25) is 5.91 Å². The number of likely N-dealkylation sites (N-methyl/N-ethyl adjacent to an activating group) is 1. The van der Waals surface area contributed by atoms with E-state index in [1.807, 2.05) is 6.92 Å². The Morgan fingerprint density at radius 1 is 1.37 bits per heavy atom. The van der Waals surface area contributed by atoms with Gasteiger partial charge in [-0.25, -0.2) is 0 Å². The Kier molecular flexibility index (Phi) is 6.27. The molecule has 1 fully saturated rings. The van der Waals surface area contributed by atoms with Crippen LogP contribution in [-0.2, 0) is 4.79 Å². The third-order valence-electron chi connectivity index (χ3n) is 4.28. The van der Waals surface area contributed by atoms with Crippen molar-refractivity contribution in [2.45, 2.75) is 53.0 Å². The van der Waals surface area contributed by atoms with E-state index in [1.165, 1.54) is 19.3 Å². The smallest absolute Gasteiger partial charge is 0.235 e. The molecule has 1 amide bonds. The summed E-state index contributed by atoms with van der Waals surface area (Å²) in [7, 11) is 0. The summed E-state index contributed by atoms with van der Waals surface area (Å²) in [6.45, 7) is 12.7. The zero-order chi connectivity index (χ0) is 14.5. The lowest BCUT2D eigenvalue weighted by Crippen LogP contribution is -2.49. The average Bonchev–Trinajstić information content (AvgIpc) is 2.53. The molecule has 1 rings (SSSR count). The van der Waals surface area contributed by atoms with Gasteiger partial charge in [0.25, 0.3) is 0 Å². The van der Waals surface area contributed by atoms with E-state index in [9.17, 15) is 4.79 Å². The Balaban J connectivity index is 2.50. The SMILES string of the molecule is CCNC(CN1CCCC(C(C)(C)C)CC1)C(N)=O. The van der Waals surface area contributed by atoms with E-state index in [1.54, 1.807) is 0 Å². The molecule has 0 spiro atoms. The summed E-state index contributed by atoms with van der Waals surface area (Å²) in [6, 6.07) is -0.212. The van der Waals surface area contributed by atoms with Gasteiger partial charge in [-0.3, -0.25) is 4.79 Å². The highest BCUT2D eigenvalue weighted by atomic mass is 16.1. The number of likely N-dealkylation sites (tertiary alicyclic amines) is 1. The van der Waals surface area contributed by atoms with Gasteiger partial charge in [-0.2, -0.15) is 0 Å². The van der Waals surface area contributed by atoms with Crippen LogP contribution in [0.4, 0.5) is 0 Å². The van der Waals surface area contributed by atoms with Crippen LogP contribution in [0.5, 0.6) is 0 Å². The van der Waals surface area contributed by atoms with Crippen molar-refractivity contribution < 1.29 is 4.79 Å². The zero-order valence-corrected chi connectivity index (χ0v) is 13.0. The maximum atomic E-state index is 11.4. The topological polar surface area (TPSA) is 58.4 Å². The van der Waals surface area contributed by atoms with E-state index >= 15 is 0 Å². The molecule has 1 aliphatic heterocycles. The van der Waals surface area contributed by atoms with Crippen LogP contribution in [0.1, 0.15) is 47.0 Å². The van der Waals surface area contributed by atoms with Gasteiger partial charge in [0.1, 0.15) is 0 Å². The highest BCUT2D eigenvalue weighted by molar-refractivity contribution is 5.80. The standard InChI is InChI=1S/C15H31N3O/c1-5-17-13(14(16)19)11-18-9-6-7-12(8-10-18)15(2,3)4/h12-13,17H,5-11H2,1-4H3,(H2,16,19). The molecule has 0 aliphatic carbocycles. The monoisotopic (exact) mass is 269 g/mol. The molecule has 0 aromatic carbocycles. The maximum Gasteiger partial charge on any atom is 0.235 e. The number of nitrogens with zero attached hydrogens (tertiary/aromatic N) is 1. The van der Waals surface area contributed by atoms with Crippen LogP contribution >= 0.6 is 0 Å². The van der Waals surface area contributed by atoms with E-state index < -0.39 is 0 Å². The van der Waals surface area contributed by atoms with Crippen molar-refractivity contribution in [2.24, 2.45) is 17.1 Å². The molecule has 1 saturated heterocycles. The molecule has 0 aromatic heterocycles. The van der Waals surface area contributed by atoms with Crippen LogP contribution in [0.3, 0.4) is 0 Å². The number of nitrogens with two attached hydrogens (primary N) is 1. The van der Waals surface area contributed by atoms with Crippen LogP contribution in [0, 0.1) is 11.3 Å². The van der Waals surface area contributed by atoms with Gasteiger partial charge in [-0.05, 0) is 50.2 Å². The molecule has 1 aliphatic rings. The molecule has 0 bridgehead atoms. The molecule has 2 unspecified atom stereocenters. The third kappa shape index (κ3) is 5.49. The first-order valence-electron chi connectivity index (χ1n) is 7.59. The van der Waals surface area contributed by atoms with Gasteiger partial charge in [-0.1, -0.05) is 27.7 Å². The average molecular weight is 269 g/mol. The van der Waals surface area contributed by atoms with E-state index in [-0.39, 0.29) is 11.9 Å². The molecule has 2 atom stereocenters. The molecule has 4 heteroatoms. The summed E-state index contributed by atoms with van der Waals surface area (Å²) in [5.74, 6) is 0.544. The minimum absolute atomic E-state index is 0.212. The fourth-order valence-corrected chi connectivity index (χ4v) is 2.96. The minimum Gasteiger partial charge on any atom is -0.368 e. The van der Waals surface area contributed by atoms with Crippen molar-refractivity contribution in [3.05, 3.63) is 0 Å². The largest absolute Gasteiger partial charge is 0.368 e. The highest BCUT2D eigenvalue weighted by Gasteiger charge is 2.28. The molecule has 19 heavy (non-hydrogen) atoms. The van der Waals surface area contributed by atoms with E-state index in [4.69, 9.17) is 5.73 Å². The molecule has 1 heterocycles. The first kappa shape index (κ1) is 16.4. The number of rotatable bonds is 5. The van der Waals surface area contributed by atoms with Gasteiger partial charge >= 0.3 is 0 Å². The lowest BCUT2D eigenvalue weighted by Gasteiger charge is -2.30. The summed E-state index contributed by atoms with van der Waals surface area (Å²) in [6.07, 6.45) is 3.74. The minimum atomic E-state index is -0.238. The third-order valence-corrected chi connectivity index (χ3v) is 4.28. The number of primary amides is 1. The predicted molar refractivity (Wildman–Crippen MR) is 79.9 cm³/mol. The lowest BCUT2D eigenvalue weighted by atomic mass is 9.77. The van der Waals surface area contributed by atoms with Gasteiger partial charge in [-0.15, -0.1) is 0 Å². The number of hydrogen-bond donors (Lipinski definition) is 2. The summed E-state index contributed by atoms with van der Waals surface area (Å²) in [5, 5.41) is 3.17. The van der Waals surface area contributed by atoms with Gasteiger partial charge in [0.15, 0.2) is 0 Å². The second kappa shape index (κ2) is 7.25. The van der Waals surface area contributed by atoms with Gasteiger partial charge in [0.05, 0.1) is 6.04 Å². The van der Waals surface area contributed by atoms with Crippen molar-refractivity contribution in [1.82, 2.24) is 10.2 Å². The van der Waals surface area contributed by atoms with Gasteiger partial charge in [0, 0.05) is 6.54 Å². The molecule has 0 saturated carbocycles. The Morgan fingerprint density at radius 2 is 2.05 bits per heavy atom. The van der Waals surface area contributed by atoms with Gasteiger partial charge < -0.3 is 16.0 Å². The fraction of sp³-hybridized carbons (Fsp3) is 0.933. The number of nitrogens with one attached hydrogen (secondary N) is 1. The second-order valence-electron chi connectivity index (χ2n) is 6.81. The van der Waals surface area contributed by atoms with E-state index in [0.29, 0.717) is 5.41 Å². The quantitative estimate of drug-likeness (QED) is 0.797. The molecular formula is C15H31N3O. The highest BCUT2D eigenvalue weighted by Crippen LogP contribution is 2.34. The summed E-state index contributed by atoms with van der Waals surface area (Å²) >= 11 is 0. The first-order chi connectivity index (χ1) is 8.84. The van der Waals surface area contributed by atoms with Crippen LogP contribution < -0.4 is 11.1 Å². The Hall–Kier alpha value is -0.610. The zero-order valence-electron chi connectivity index (χ0n) is 13.0. The Bertz CT molecular complexity index is 286. The summed E-state index contributed by atoms with van der Waals surface area (Å²) in [5.41, 5.74) is 5.84. The van der Waals surface area contributed by atoms with Crippen LogP contribution in [0.25, 0.3) is 0 Å². The van der Waals surface area contributed by atoms with E-state index in [2.05, 4.69) is 31.0 Å². The number of carbonyl (C=O) groups is 1. The molecule has 0 aromatic rings. The van der Waals surface area contributed by atoms with Crippen molar-refractivity contribution in [3.63, 3.8) is 0 Å². The van der Waals surface area contributed by atoms with Crippen molar-refractivity contribution in [1.29, 1.82) is 0 Å². The Labute approximate surface area is 118 Å². The normalized spacial score (nSPS) is 23.9. The molecule has 0 radical (unpaired) electrons. The van der Waals surface area contributed by atoms with Crippen LogP contribution in [0.15, 0.2) is 0 Å². The maximum absolute atomic E-state index is 11.4. The van der Waals surface area contributed by atoms with Crippen molar-refractivity contribution in [3.8, 4) is 0 Å².